The lowest BCUT2D eigenvalue weighted by molar-refractivity contribution is 0.0784. The number of aromatic amines is 1. The van der Waals surface area contributed by atoms with Crippen LogP contribution in [0.3, 0.4) is 0 Å². The fraction of sp³-hybridized carbons (Fsp3) is 0.263. The Balaban J connectivity index is 1.48. The largest absolute Gasteiger partial charge is 0.338 e. The minimum atomic E-state index is -0.391. The van der Waals surface area contributed by atoms with Crippen molar-refractivity contribution in [1.82, 2.24) is 24.9 Å². The van der Waals surface area contributed by atoms with Gasteiger partial charge in [0.1, 0.15) is 5.56 Å². The zero-order valence-electron chi connectivity index (χ0n) is 14.5. The maximum Gasteiger partial charge on any atom is 0.261 e. The summed E-state index contributed by atoms with van der Waals surface area (Å²) < 4.78 is 1.77. The van der Waals surface area contributed by atoms with E-state index < -0.39 is 5.56 Å². The van der Waals surface area contributed by atoms with E-state index in [1.807, 2.05) is 18.3 Å². The predicted molar refractivity (Wildman–Crippen MR) is 102 cm³/mol. The Morgan fingerprint density at radius 1 is 1.30 bits per heavy atom. The van der Waals surface area contributed by atoms with Gasteiger partial charge in [-0.3, -0.25) is 14.3 Å². The number of halogens is 1. The molecule has 0 spiro atoms. The van der Waals surface area contributed by atoms with Crippen molar-refractivity contribution in [3.05, 3.63) is 69.7 Å². The highest BCUT2D eigenvalue weighted by Gasteiger charge is 2.28. The summed E-state index contributed by atoms with van der Waals surface area (Å²) in [7, 11) is 0. The van der Waals surface area contributed by atoms with E-state index in [2.05, 4.69) is 15.3 Å². The molecule has 27 heavy (non-hydrogen) atoms. The molecule has 1 N–H and O–H groups in total. The van der Waals surface area contributed by atoms with Crippen molar-refractivity contribution >= 4 is 17.5 Å². The first-order valence-electron chi connectivity index (χ1n) is 8.73. The van der Waals surface area contributed by atoms with Crippen molar-refractivity contribution in [2.75, 3.05) is 13.1 Å². The smallest absolute Gasteiger partial charge is 0.261 e. The third-order valence-corrected chi connectivity index (χ3v) is 5.00. The highest BCUT2D eigenvalue weighted by molar-refractivity contribution is 6.30. The van der Waals surface area contributed by atoms with Crippen molar-refractivity contribution in [2.45, 2.75) is 13.0 Å². The van der Waals surface area contributed by atoms with E-state index in [4.69, 9.17) is 11.6 Å². The number of likely N-dealkylation sites (tertiary alicyclic amines) is 1. The van der Waals surface area contributed by atoms with Crippen LogP contribution in [0.15, 0.2) is 53.6 Å². The van der Waals surface area contributed by atoms with E-state index in [0.717, 1.165) is 12.0 Å². The zero-order chi connectivity index (χ0) is 18.8. The van der Waals surface area contributed by atoms with Crippen LogP contribution >= 0.6 is 11.6 Å². The number of nitrogens with zero attached hydrogens (tertiary/aromatic N) is 4. The Labute approximate surface area is 160 Å². The van der Waals surface area contributed by atoms with Crippen LogP contribution in [0.25, 0.3) is 11.3 Å². The molecule has 1 aliphatic heterocycles. The summed E-state index contributed by atoms with van der Waals surface area (Å²) in [4.78, 5) is 29.8. The Bertz CT molecular complexity index is 1010. The van der Waals surface area contributed by atoms with Crippen molar-refractivity contribution < 1.29 is 4.79 Å². The lowest BCUT2D eigenvalue weighted by Crippen LogP contribution is -2.33. The Hall–Kier alpha value is -2.93. The van der Waals surface area contributed by atoms with Gasteiger partial charge in [0.15, 0.2) is 0 Å². The fourth-order valence-corrected chi connectivity index (χ4v) is 3.59. The number of H-pyrrole nitrogens is 1. The summed E-state index contributed by atoms with van der Waals surface area (Å²) in [6, 6.07) is 10.5. The average Bonchev–Trinajstić information content (AvgIpc) is 3.34. The van der Waals surface area contributed by atoms with Crippen LogP contribution in [0.4, 0.5) is 0 Å². The quantitative estimate of drug-likeness (QED) is 0.750. The summed E-state index contributed by atoms with van der Waals surface area (Å²) in [5.74, 6) is 0.0652. The molecule has 1 unspecified atom stereocenters. The second-order valence-electron chi connectivity index (χ2n) is 6.66. The lowest BCUT2D eigenvalue weighted by Gasteiger charge is -2.16. The number of hydrogen-bond acceptors (Lipinski definition) is 4. The zero-order valence-corrected chi connectivity index (χ0v) is 15.3. The van der Waals surface area contributed by atoms with Crippen molar-refractivity contribution in [3.63, 3.8) is 0 Å². The third kappa shape index (κ3) is 3.78. The van der Waals surface area contributed by atoms with E-state index in [1.54, 1.807) is 40.0 Å². The third-order valence-electron chi connectivity index (χ3n) is 4.77. The number of carbonyl (C=O) groups excluding carboxylic acids is 1. The Morgan fingerprint density at radius 3 is 2.93 bits per heavy atom. The van der Waals surface area contributed by atoms with Gasteiger partial charge in [-0.05, 0) is 42.2 Å². The predicted octanol–water partition coefficient (Wildman–Crippen LogP) is 2.45. The molecule has 0 radical (unpaired) electrons. The van der Waals surface area contributed by atoms with Gasteiger partial charge in [0.25, 0.3) is 11.5 Å². The maximum absolute atomic E-state index is 12.8. The monoisotopic (exact) mass is 383 g/mol. The first kappa shape index (κ1) is 17.5. The van der Waals surface area contributed by atoms with Crippen molar-refractivity contribution in [3.8, 4) is 11.3 Å². The molecule has 0 aliphatic carbocycles. The van der Waals surface area contributed by atoms with E-state index >= 15 is 0 Å². The Morgan fingerprint density at radius 2 is 2.19 bits per heavy atom. The van der Waals surface area contributed by atoms with E-state index in [9.17, 15) is 9.59 Å². The summed E-state index contributed by atoms with van der Waals surface area (Å²) in [5, 5.41) is 8.35. The minimum Gasteiger partial charge on any atom is -0.338 e. The molecule has 138 valence electrons. The number of nitrogens with one attached hydrogen (secondary N) is 1. The van der Waals surface area contributed by atoms with E-state index in [0.29, 0.717) is 36.3 Å². The highest BCUT2D eigenvalue weighted by Crippen LogP contribution is 2.22. The van der Waals surface area contributed by atoms with E-state index in [1.165, 1.54) is 0 Å². The van der Waals surface area contributed by atoms with Gasteiger partial charge in [0.05, 0.1) is 6.20 Å². The molecule has 1 amide bonds. The molecule has 1 atom stereocenters. The number of aromatic nitrogens is 4. The molecule has 0 bridgehead atoms. The minimum absolute atomic E-state index is 0.155. The molecule has 1 aliphatic rings. The van der Waals surface area contributed by atoms with Crippen molar-refractivity contribution in [2.24, 2.45) is 5.92 Å². The highest BCUT2D eigenvalue weighted by atomic mass is 35.5. The molecule has 7 nitrogen and oxygen atoms in total. The topological polar surface area (TPSA) is 83.9 Å². The van der Waals surface area contributed by atoms with Crippen LogP contribution in [0, 0.1) is 5.92 Å². The molecule has 2 aromatic heterocycles. The van der Waals surface area contributed by atoms with Crippen LogP contribution in [0.1, 0.15) is 16.8 Å². The van der Waals surface area contributed by atoms with Gasteiger partial charge in [0.2, 0.25) is 0 Å². The van der Waals surface area contributed by atoms with Gasteiger partial charge in [-0.15, -0.1) is 5.10 Å². The van der Waals surface area contributed by atoms with Gasteiger partial charge in [0, 0.05) is 36.5 Å². The van der Waals surface area contributed by atoms with Gasteiger partial charge in [-0.1, -0.05) is 28.9 Å². The first-order valence-corrected chi connectivity index (χ1v) is 9.10. The van der Waals surface area contributed by atoms with Crippen LogP contribution < -0.4 is 5.56 Å². The van der Waals surface area contributed by atoms with Crippen LogP contribution in [0.2, 0.25) is 5.02 Å². The van der Waals surface area contributed by atoms with Crippen LogP contribution in [0.5, 0.6) is 0 Å². The first-order chi connectivity index (χ1) is 13.1. The molecule has 0 saturated carbocycles. The molecule has 1 aromatic carbocycles. The molecular weight excluding hydrogens is 366 g/mol. The second-order valence-corrected chi connectivity index (χ2v) is 7.09. The molecule has 3 heterocycles. The van der Waals surface area contributed by atoms with Gasteiger partial charge < -0.3 is 9.88 Å². The number of pyridine rings is 1. The van der Waals surface area contributed by atoms with Crippen LogP contribution in [-0.4, -0.2) is 43.9 Å². The lowest BCUT2D eigenvalue weighted by atomic mass is 10.1. The van der Waals surface area contributed by atoms with Gasteiger partial charge in [-0.2, -0.15) is 0 Å². The molecule has 4 rings (SSSR count). The summed E-state index contributed by atoms with van der Waals surface area (Å²) >= 11 is 6.00. The number of rotatable bonds is 4. The van der Waals surface area contributed by atoms with Crippen LogP contribution in [-0.2, 0) is 6.54 Å². The Kier molecular flexibility index (Phi) is 4.77. The number of amides is 1. The fourth-order valence-electron chi connectivity index (χ4n) is 3.40. The van der Waals surface area contributed by atoms with Crippen molar-refractivity contribution in [1.29, 1.82) is 0 Å². The second kappa shape index (κ2) is 7.36. The van der Waals surface area contributed by atoms with Gasteiger partial charge >= 0.3 is 0 Å². The normalized spacial score (nSPS) is 16.6. The summed E-state index contributed by atoms with van der Waals surface area (Å²) in [6.07, 6.45) is 4.33. The molecule has 3 aromatic rings. The summed E-state index contributed by atoms with van der Waals surface area (Å²) in [5.41, 5.74) is 1.19. The molecule has 8 heteroatoms. The van der Waals surface area contributed by atoms with Gasteiger partial charge in [-0.25, -0.2) is 0 Å². The standard InChI is InChI=1S/C19H18ClN5O2/c20-15-3-1-2-14(10-15)17-5-4-16(18(26)22-17)19(27)24-8-6-13(11-24)12-25-9-7-21-23-25/h1-5,7,9-10,13H,6,8,11-12H2,(H,22,26). The molecular formula is C19H18ClN5O2. The summed E-state index contributed by atoms with van der Waals surface area (Å²) in [6.45, 7) is 1.95. The SMILES string of the molecule is O=C(c1ccc(-c2cccc(Cl)c2)[nH]c1=O)N1CCC(Cn2ccnn2)C1. The maximum atomic E-state index is 12.8. The number of hydrogen-bond donors (Lipinski definition) is 1. The van der Waals surface area contributed by atoms with E-state index in [-0.39, 0.29) is 11.5 Å². The number of benzene rings is 1. The number of carbonyl (C=O) groups is 1. The molecule has 1 fully saturated rings. The molecule has 1 saturated heterocycles. The average molecular weight is 384 g/mol.